The van der Waals surface area contributed by atoms with E-state index in [0.717, 1.165) is 36.5 Å². The minimum absolute atomic E-state index is 0.101. The predicted octanol–water partition coefficient (Wildman–Crippen LogP) is 4.92. The van der Waals surface area contributed by atoms with Crippen molar-refractivity contribution in [3.63, 3.8) is 0 Å². The van der Waals surface area contributed by atoms with Gasteiger partial charge in [0.15, 0.2) is 0 Å². The van der Waals surface area contributed by atoms with Gasteiger partial charge in [-0.2, -0.15) is 4.31 Å². The van der Waals surface area contributed by atoms with E-state index in [1.165, 1.54) is 11.1 Å². The van der Waals surface area contributed by atoms with E-state index >= 15 is 0 Å². The molecule has 1 aliphatic heterocycles. The molecule has 6 rings (SSSR count). The third kappa shape index (κ3) is 3.83. The SMILES string of the molecule is O=C(C1CCN(S(=O)(=O)c2ccc3ccccc3c2)CC1)N(C1CC1)C1CCc2ccccc21. The monoisotopic (exact) mass is 474 g/mol. The zero-order valence-electron chi connectivity index (χ0n) is 19.3. The summed E-state index contributed by atoms with van der Waals surface area (Å²) < 4.78 is 28.2. The van der Waals surface area contributed by atoms with Gasteiger partial charge in [0.25, 0.3) is 0 Å². The zero-order chi connectivity index (χ0) is 23.3. The maximum Gasteiger partial charge on any atom is 0.243 e. The lowest BCUT2D eigenvalue weighted by atomic mass is 9.95. The van der Waals surface area contributed by atoms with Crippen molar-refractivity contribution in [1.29, 1.82) is 0 Å². The molecule has 3 aromatic carbocycles. The first-order valence-corrected chi connectivity index (χ1v) is 13.9. The lowest BCUT2D eigenvalue weighted by Gasteiger charge is -2.36. The molecule has 3 aliphatic rings. The van der Waals surface area contributed by atoms with Crippen LogP contribution in [-0.4, -0.2) is 42.7 Å². The third-order valence-corrected chi connectivity index (χ3v) is 9.69. The smallest absolute Gasteiger partial charge is 0.243 e. The molecule has 3 aromatic rings. The average molecular weight is 475 g/mol. The Hall–Kier alpha value is -2.70. The van der Waals surface area contributed by atoms with Crippen LogP contribution in [0.15, 0.2) is 71.6 Å². The van der Waals surface area contributed by atoms with Gasteiger partial charge in [-0.3, -0.25) is 4.79 Å². The van der Waals surface area contributed by atoms with E-state index in [9.17, 15) is 13.2 Å². The summed E-state index contributed by atoms with van der Waals surface area (Å²) in [6, 6.07) is 22.1. The van der Waals surface area contributed by atoms with Crippen LogP contribution < -0.4 is 0 Å². The van der Waals surface area contributed by atoms with E-state index < -0.39 is 10.0 Å². The molecule has 2 fully saturated rings. The van der Waals surface area contributed by atoms with Gasteiger partial charge in [-0.15, -0.1) is 0 Å². The van der Waals surface area contributed by atoms with Crippen LogP contribution in [0, 0.1) is 5.92 Å². The summed E-state index contributed by atoms with van der Waals surface area (Å²) in [5.41, 5.74) is 2.67. The van der Waals surface area contributed by atoms with Crippen molar-refractivity contribution in [2.45, 2.75) is 55.5 Å². The molecule has 0 spiro atoms. The summed E-state index contributed by atoms with van der Waals surface area (Å²) in [7, 11) is -3.57. The minimum Gasteiger partial charge on any atom is -0.332 e. The number of carbonyl (C=O) groups excluding carboxylic acids is 1. The minimum atomic E-state index is -3.57. The standard InChI is InChI=1S/C28H30N2O3S/c31-28(30(24-11-12-24)27-14-10-21-6-3-4-8-26(21)27)22-15-17-29(18-16-22)34(32,33)25-13-9-20-5-1-2-7-23(20)19-25/h1-9,13,19,22,24,27H,10-12,14-18H2. The van der Waals surface area contributed by atoms with Gasteiger partial charge in [-0.25, -0.2) is 8.42 Å². The lowest BCUT2D eigenvalue weighted by molar-refractivity contribution is -0.140. The molecular weight excluding hydrogens is 444 g/mol. The van der Waals surface area contributed by atoms with Crippen LogP contribution in [0.1, 0.15) is 49.3 Å². The van der Waals surface area contributed by atoms with Crippen molar-refractivity contribution in [3.05, 3.63) is 77.9 Å². The van der Waals surface area contributed by atoms with E-state index in [0.29, 0.717) is 36.9 Å². The highest BCUT2D eigenvalue weighted by Gasteiger charge is 2.43. The molecule has 1 saturated carbocycles. The fourth-order valence-corrected chi connectivity index (χ4v) is 7.30. The number of hydrogen-bond donors (Lipinski definition) is 0. The highest BCUT2D eigenvalue weighted by Crippen LogP contribution is 2.43. The Kier molecular flexibility index (Phi) is 5.46. The molecule has 1 amide bonds. The van der Waals surface area contributed by atoms with Crippen molar-refractivity contribution in [2.24, 2.45) is 5.92 Å². The number of aryl methyl sites for hydroxylation is 1. The van der Waals surface area contributed by atoms with Gasteiger partial charge < -0.3 is 4.90 Å². The Morgan fingerprint density at radius 2 is 1.53 bits per heavy atom. The van der Waals surface area contributed by atoms with Gasteiger partial charge in [-0.05, 0) is 72.6 Å². The van der Waals surface area contributed by atoms with Gasteiger partial charge in [-0.1, -0.05) is 54.6 Å². The summed E-state index contributed by atoms with van der Waals surface area (Å²) in [5.74, 6) is 0.128. The molecule has 1 unspecified atom stereocenters. The van der Waals surface area contributed by atoms with Crippen molar-refractivity contribution in [2.75, 3.05) is 13.1 Å². The quantitative estimate of drug-likeness (QED) is 0.527. The van der Waals surface area contributed by atoms with Gasteiger partial charge in [0.05, 0.1) is 10.9 Å². The number of sulfonamides is 1. The second-order valence-electron chi connectivity index (χ2n) is 9.92. The number of rotatable bonds is 5. The first-order valence-electron chi connectivity index (χ1n) is 12.4. The Balaban J connectivity index is 1.17. The summed E-state index contributed by atoms with van der Waals surface area (Å²) in [6.07, 6.45) is 5.36. The number of amides is 1. The second kappa shape index (κ2) is 8.51. The van der Waals surface area contributed by atoms with Crippen LogP contribution in [0.25, 0.3) is 10.8 Å². The molecule has 0 N–H and O–H groups in total. The zero-order valence-corrected chi connectivity index (χ0v) is 20.1. The fraction of sp³-hybridized carbons (Fsp3) is 0.393. The van der Waals surface area contributed by atoms with Crippen LogP contribution in [0.4, 0.5) is 0 Å². The van der Waals surface area contributed by atoms with Gasteiger partial charge in [0.1, 0.15) is 0 Å². The number of nitrogens with zero attached hydrogens (tertiary/aromatic N) is 2. The van der Waals surface area contributed by atoms with Crippen LogP contribution in [0.2, 0.25) is 0 Å². The molecule has 2 aliphatic carbocycles. The molecule has 1 heterocycles. The molecule has 176 valence electrons. The van der Waals surface area contributed by atoms with E-state index in [4.69, 9.17) is 0 Å². The molecule has 0 radical (unpaired) electrons. The Bertz CT molecular complexity index is 1340. The van der Waals surface area contributed by atoms with E-state index in [1.54, 1.807) is 16.4 Å². The summed E-state index contributed by atoms with van der Waals surface area (Å²) >= 11 is 0. The van der Waals surface area contributed by atoms with Crippen LogP contribution >= 0.6 is 0 Å². The number of hydrogen-bond acceptors (Lipinski definition) is 3. The molecule has 0 aromatic heterocycles. The molecule has 0 bridgehead atoms. The molecule has 34 heavy (non-hydrogen) atoms. The Labute approximate surface area is 201 Å². The van der Waals surface area contributed by atoms with Crippen LogP contribution in [0.3, 0.4) is 0 Å². The number of piperidine rings is 1. The number of carbonyl (C=O) groups is 1. The van der Waals surface area contributed by atoms with E-state index in [2.05, 4.69) is 29.2 Å². The first-order chi connectivity index (χ1) is 16.5. The van der Waals surface area contributed by atoms with Crippen LogP contribution in [0.5, 0.6) is 0 Å². The molecular formula is C28H30N2O3S. The van der Waals surface area contributed by atoms with Crippen molar-refractivity contribution >= 4 is 26.7 Å². The topological polar surface area (TPSA) is 57.7 Å². The maximum atomic E-state index is 13.7. The van der Waals surface area contributed by atoms with Crippen LogP contribution in [-0.2, 0) is 21.2 Å². The summed E-state index contributed by atoms with van der Waals surface area (Å²) in [5, 5.41) is 1.95. The van der Waals surface area contributed by atoms with Gasteiger partial charge >= 0.3 is 0 Å². The first kappa shape index (κ1) is 21.8. The maximum absolute atomic E-state index is 13.7. The van der Waals surface area contributed by atoms with Crippen molar-refractivity contribution in [1.82, 2.24) is 9.21 Å². The van der Waals surface area contributed by atoms with Crippen molar-refractivity contribution < 1.29 is 13.2 Å². The molecule has 5 nitrogen and oxygen atoms in total. The number of fused-ring (bicyclic) bond motifs is 2. The largest absolute Gasteiger partial charge is 0.332 e. The second-order valence-corrected chi connectivity index (χ2v) is 11.9. The van der Waals surface area contributed by atoms with Crippen molar-refractivity contribution in [3.8, 4) is 0 Å². The normalized spacial score (nSPS) is 21.5. The van der Waals surface area contributed by atoms with Gasteiger partial charge in [0.2, 0.25) is 15.9 Å². The van der Waals surface area contributed by atoms with Gasteiger partial charge in [0, 0.05) is 25.0 Å². The lowest BCUT2D eigenvalue weighted by Crippen LogP contribution is -2.45. The van der Waals surface area contributed by atoms with E-state index in [1.807, 2.05) is 30.3 Å². The third-order valence-electron chi connectivity index (χ3n) is 7.79. The highest BCUT2D eigenvalue weighted by molar-refractivity contribution is 7.89. The fourth-order valence-electron chi connectivity index (χ4n) is 5.80. The highest BCUT2D eigenvalue weighted by atomic mass is 32.2. The Morgan fingerprint density at radius 3 is 2.29 bits per heavy atom. The molecule has 1 saturated heterocycles. The summed E-state index contributed by atoms with van der Waals surface area (Å²) in [4.78, 5) is 16.2. The predicted molar refractivity (Wildman–Crippen MR) is 133 cm³/mol. The van der Waals surface area contributed by atoms with E-state index in [-0.39, 0.29) is 17.9 Å². The molecule has 1 atom stereocenters. The average Bonchev–Trinajstić information content (AvgIpc) is 3.63. The summed E-state index contributed by atoms with van der Waals surface area (Å²) in [6.45, 7) is 0.788. The molecule has 6 heteroatoms. The number of benzene rings is 3. The Morgan fingerprint density at radius 1 is 0.824 bits per heavy atom.